The van der Waals surface area contributed by atoms with Crippen LogP contribution in [0.2, 0.25) is 18.1 Å². The highest BCUT2D eigenvalue weighted by Crippen LogP contribution is 2.60. The Morgan fingerprint density at radius 2 is 1.71 bits per heavy atom. The minimum absolute atomic E-state index is 0.00360. The summed E-state index contributed by atoms with van der Waals surface area (Å²) in [7, 11) is -9.39. The van der Waals surface area contributed by atoms with Gasteiger partial charge < -0.3 is 19.7 Å². The maximum Gasteiger partial charge on any atom is 0.432 e. The van der Waals surface area contributed by atoms with E-state index in [1.165, 1.54) is 6.07 Å². The second kappa shape index (κ2) is 12.9. The van der Waals surface area contributed by atoms with Crippen LogP contribution in [0.15, 0.2) is 34.3 Å². The highest BCUT2D eigenvalue weighted by Gasteiger charge is 2.53. The van der Waals surface area contributed by atoms with Crippen molar-refractivity contribution in [1.29, 1.82) is 0 Å². The van der Waals surface area contributed by atoms with Crippen LogP contribution in [0.5, 0.6) is 0 Å². The highest BCUT2D eigenvalue weighted by molar-refractivity contribution is 7.92. The lowest BCUT2D eigenvalue weighted by atomic mass is 9.84. The predicted octanol–water partition coefficient (Wildman–Crippen LogP) is 6.20. The van der Waals surface area contributed by atoms with E-state index in [1.807, 2.05) is 20.8 Å². The molecule has 2 aliphatic heterocycles. The van der Waals surface area contributed by atoms with Gasteiger partial charge in [0.05, 0.1) is 30.3 Å². The summed E-state index contributed by atoms with van der Waals surface area (Å²) < 4.78 is 43.3. The minimum atomic E-state index is -3.81. The molecule has 0 saturated carbocycles. The van der Waals surface area contributed by atoms with Crippen LogP contribution in [0.4, 0.5) is 11.4 Å². The molecule has 14 heteroatoms. The van der Waals surface area contributed by atoms with Crippen molar-refractivity contribution in [2.75, 3.05) is 36.1 Å². The number of carbonyl (C=O) groups excluding carboxylic acids is 1. The Hall–Kier alpha value is -2.02. The lowest BCUT2D eigenvalue weighted by Gasteiger charge is -2.36. The van der Waals surface area contributed by atoms with E-state index < -0.39 is 37.7 Å². The third kappa shape index (κ3) is 9.08. The zero-order valence-corrected chi connectivity index (χ0v) is 31.7. The van der Waals surface area contributed by atoms with E-state index in [4.69, 9.17) is 8.95 Å². The lowest BCUT2D eigenvalue weighted by Crippen LogP contribution is -2.45. The molecule has 3 rings (SSSR count). The Morgan fingerprint density at radius 1 is 1.09 bits per heavy atom. The number of aliphatic hydroxyl groups excluding tert-OH is 1. The van der Waals surface area contributed by atoms with Crippen LogP contribution in [-0.2, 0) is 23.8 Å². The van der Waals surface area contributed by atoms with Crippen molar-refractivity contribution < 1.29 is 32.2 Å². The summed E-state index contributed by atoms with van der Waals surface area (Å²) in [6.07, 6.45) is 2.25. The van der Waals surface area contributed by atoms with Gasteiger partial charge in [-0.3, -0.25) is 9.52 Å². The summed E-state index contributed by atoms with van der Waals surface area (Å²) in [6.45, 7) is 24.0. The molecule has 0 radical (unpaired) electrons. The second-order valence-corrected chi connectivity index (χ2v) is 24.4. The monoisotopic (exact) mass is 685 g/mol. The van der Waals surface area contributed by atoms with E-state index in [1.54, 1.807) is 17.0 Å². The molecule has 45 heavy (non-hydrogen) atoms. The van der Waals surface area contributed by atoms with Crippen LogP contribution in [0, 0.1) is 10.8 Å². The molecule has 1 aromatic carbocycles. The van der Waals surface area contributed by atoms with Gasteiger partial charge in [-0.2, -0.15) is 9.42 Å². The standard InChI is InChI=1S/C31H53N4O7PSSi/c1-29(2,3)16-17-35-26(30(4,5)6)25(36)24(28(35)37)27-32-22-15-14-21(34-44(10,39)40)20-23(22)43(38,33-27)41-18-13-19-42-45(11,12)31(7,8)9/h14-15,20,26,34,38H,13,16-19H2,1-12H3,(H-,32,33,36,37)/p+1/t26-,43?/m1/s1. The predicted molar refractivity (Wildman–Crippen MR) is 187 cm³/mol. The van der Waals surface area contributed by atoms with Gasteiger partial charge in [-0.25, -0.2) is 8.42 Å². The number of carbonyl (C=O) groups is 1. The van der Waals surface area contributed by atoms with Crippen LogP contribution in [0.25, 0.3) is 0 Å². The third-order valence-corrected chi connectivity index (χ3v) is 15.5. The number of aliphatic hydroxyl groups is 1. The Balaban J connectivity index is 2.01. The second-order valence-electron chi connectivity index (χ2n) is 15.9. The Bertz CT molecular complexity index is 1460. The molecule has 2 heterocycles. The number of benzene rings is 1. The largest absolute Gasteiger partial charge is 0.509 e. The normalized spacial score (nSPS) is 21.5. The molecule has 1 amide bonds. The van der Waals surface area contributed by atoms with Crippen molar-refractivity contribution in [3.63, 3.8) is 0 Å². The van der Waals surface area contributed by atoms with Gasteiger partial charge in [-0.05, 0) is 58.7 Å². The van der Waals surface area contributed by atoms with Gasteiger partial charge in [0.2, 0.25) is 15.3 Å². The van der Waals surface area contributed by atoms with Gasteiger partial charge in [0.25, 0.3) is 5.91 Å². The summed E-state index contributed by atoms with van der Waals surface area (Å²) in [5.74, 6) is -0.466. The molecule has 0 aromatic heterocycles. The molecular weight excluding hydrogens is 631 g/mol. The van der Waals surface area contributed by atoms with E-state index in [2.05, 4.69) is 69.4 Å². The first-order valence-electron chi connectivity index (χ1n) is 15.4. The number of nitrogens with zero attached hydrogens (tertiary/aromatic N) is 2. The zero-order chi connectivity index (χ0) is 34.4. The van der Waals surface area contributed by atoms with Crippen LogP contribution >= 0.6 is 7.87 Å². The number of anilines is 2. The van der Waals surface area contributed by atoms with Crippen molar-refractivity contribution in [2.45, 2.75) is 99.3 Å². The van der Waals surface area contributed by atoms with Gasteiger partial charge in [0, 0.05) is 19.2 Å². The van der Waals surface area contributed by atoms with Gasteiger partial charge in [-0.1, -0.05) is 62.3 Å². The lowest BCUT2D eigenvalue weighted by molar-refractivity contribution is -0.128. The Morgan fingerprint density at radius 3 is 2.24 bits per heavy atom. The van der Waals surface area contributed by atoms with E-state index in [0.717, 1.165) is 12.7 Å². The van der Waals surface area contributed by atoms with Crippen LogP contribution < -0.4 is 15.3 Å². The maximum atomic E-state index is 14.0. The van der Waals surface area contributed by atoms with E-state index in [9.17, 15) is 23.2 Å². The first-order valence-corrected chi connectivity index (χ1v) is 21.8. The Kier molecular flexibility index (Phi) is 10.7. The number of amides is 1. The smallest absolute Gasteiger partial charge is 0.432 e. The molecule has 4 N–H and O–H groups in total. The molecule has 2 atom stereocenters. The number of sulfonamides is 1. The average Bonchev–Trinajstić information content (AvgIpc) is 3.10. The van der Waals surface area contributed by atoms with Gasteiger partial charge in [-0.15, -0.1) is 0 Å². The average molecular weight is 686 g/mol. The minimum Gasteiger partial charge on any atom is -0.509 e. The number of hydrogen-bond donors (Lipinski definition) is 4. The molecule has 254 valence electrons. The summed E-state index contributed by atoms with van der Waals surface area (Å²) >= 11 is 0. The van der Waals surface area contributed by atoms with Gasteiger partial charge in [0.1, 0.15) is 11.3 Å². The number of hydrogen-bond acceptors (Lipinski definition) is 9. The first-order chi connectivity index (χ1) is 20.3. The summed E-state index contributed by atoms with van der Waals surface area (Å²) in [6, 6.07) is 4.05. The highest BCUT2D eigenvalue weighted by atomic mass is 32.2. The van der Waals surface area contributed by atoms with Crippen molar-refractivity contribution >= 4 is 54.6 Å². The molecule has 0 spiro atoms. The summed E-state index contributed by atoms with van der Waals surface area (Å²) in [5, 5.41) is 15.0. The van der Waals surface area contributed by atoms with Crippen molar-refractivity contribution in [3.8, 4) is 0 Å². The van der Waals surface area contributed by atoms with E-state index >= 15 is 0 Å². The molecule has 0 saturated heterocycles. The maximum absolute atomic E-state index is 14.0. The first kappa shape index (κ1) is 37.4. The summed E-state index contributed by atoms with van der Waals surface area (Å²) in [5.41, 5.74) is 0.120. The van der Waals surface area contributed by atoms with Crippen LogP contribution in [0.3, 0.4) is 0 Å². The zero-order valence-electron chi connectivity index (χ0n) is 29.0. The number of nitrogens with one attached hydrogen (secondary N) is 2. The third-order valence-electron chi connectivity index (χ3n) is 8.39. The van der Waals surface area contributed by atoms with Crippen LogP contribution in [0.1, 0.15) is 75.2 Å². The molecule has 0 aliphatic carbocycles. The van der Waals surface area contributed by atoms with Crippen LogP contribution in [-0.4, -0.2) is 75.4 Å². The van der Waals surface area contributed by atoms with E-state index in [0.29, 0.717) is 25.3 Å². The fraction of sp³-hybridized carbons (Fsp3) is 0.677. The quantitative estimate of drug-likeness (QED) is 0.122. The Labute approximate surface area is 271 Å². The molecule has 0 bridgehead atoms. The molecular formula is C31H54N4O7PSSi+. The van der Waals surface area contributed by atoms with Gasteiger partial charge in [0.15, 0.2) is 14.2 Å². The SMILES string of the molecule is CC(C)(C)CCN1C(=O)C(C2=N[P+](O)(OCCCO[Si](C)(C)C(C)(C)C)c3cc(NS(C)(=O)=O)ccc3N2)=C(O)[C@@H]1C(C)(C)C. The molecule has 0 fully saturated rings. The van der Waals surface area contributed by atoms with Crippen molar-refractivity contribution in [3.05, 3.63) is 29.5 Å². The molecule has 2 aliphatic rings. The van der Waals surface area contributed by atoms with Crippen molar-refractivity contribution in [2.24, 2.45) is 15.6 Å². The van der Waals surface area contributed by atoms with Gasteiger partial charge >= 0.3 is 7.87 Å². The van der Waals surface area contributed by atoms with Crippen molar-refractivity contribution in [1.82, 2.24) is 4.90 Å². The number of fused-ring (bicyclic) bond motifs is 1. The fourth-order valence-corrected chi connectivity index (χ4v) is 8.45. The topological polar surface area (TPSA) is 150 Å². The number of rotatable bonds is 11. The number of amidine groups is 1. The summed E-state index contributed by atoms with van der Waals surface area (Å²) in [4.78, 5) is 27.7. The molecule has 1 aromatic rings. The fourth-order valence-electron chi connectivity index (χ4n) is 4.94. The molecule has 11 nitrogen and oxygen atoms in total. The van der Waals surface area contributed by atoms with E-state index in [-0.39, 0.29) is 51.1 Å². The molecule has 1 unspecified atom stereocenters.